The highest BCUT2D eigenvalue weighted by molar-refractivity contribution is 5.10. The molecule has 0 radical (unpaired) electrons. The second kappa shape index (κ2) is 5.78. The number of hydrogen-bond donors (Lipinski definition) is 2. The van der Waals surface area contributed by atoms with Crippen molar-refractivity contribution in [3.63, 3.8) is 0 Å². The molecule has 0 unspecified atom stereocenters. The zero-order valence-electron chi connectivity index (χ0n) is 8.39. The summed E-state index contributed by atoms with van der Waals surface area (Å²) in [5.41, 5.74) is 1.22. The average Bonchev–Trinajstić information content (AvgIpc) is 2.51. The van der Waals surface area contributed by atoms with Crippen LogP contribution >= 0.6 is 0 Å². The highest BCUT2D eigenvalue weighted by Gasteiger charge is 1.95. The Morgan fingerprint density at radius 3 is 2.69 bits per heavy atom. The monoisotopic (exact) mass is 182 g/mol. The number of nitrogens with one attached hydrogen (secondary N) is 2. The third-order valence-corrected chi connectivity index (χ3v) is 1.84. The Morgan fingerprint density at radius 2 is 2.08 bits per heavy atom. The summed E-state index contributed by atoms with van der Waals surface area (Å²) in [7, 11) is 0. The number of hydrogen-bond acceptors (Lipinski definition) is 3. The van der Waals surface area contributed by atoms with Gasteiger partial charge in [-0.1, -0.05) is 6.92 Å². The third-order valence-electron chi connectivity index (χ3n) is 1.84. The van der Waals surface area contributed by atoms with Crippen molar-refractivity contribution in [1.29, 1.82) is 0 Å². The third kappa shape index (κ3) is 4.10. The molecular weight excluding hydrogens is 164 g/mol. The second-order valence-electron chi connectivity index (χ2n) is 3.10. The maximum absolute atomic E-state index is 5.19. The van der Waals surface area contributed by atoms with E-state index >= 15 is 0 Å². The van der Waals surface area contributed by atoms with E-state index in [4.69, 9.17) is 4.42 Å². The number of aryl methyl sites for hydroxylation is 1. The molecule has 1 heterocycles. The van der Waals surface area contributed by atoms with Gasteiger partial charge in [-0.2, -0.15) is 0 Å². The standard InChI is InChI=1S/C10H18N2O/c1-3-11-4-5-12-7-10-6-9(2)13-8-10/h6,8,11-12H,3-5,7H2,1-2H3. The van der Waals surface area contributed by atoms with Crippen molar-refractivity contribution < 1.29 is 4.42 Å². The van der Waals surface area contributed by atoms with Gasteiger partial charge in [0.05, 0.1) is 6.26 Å². The highest BCUT2D eigenvalue weighted by atomic mass is 16.3. The molecule has 3 nitrogen and oxygen atoms in total. The molecule has 74 valence electrons. The van der Waals surface area contributed by atoms with Crippen molar-refractivity contribution in [2.24, 2.45) is 0 Å². The van der Waals surface area contributed by atoms with Crippen molar-refractivity contribution in [2.45, 2.75) is 20.4 Å². The molecule has 0 spiro atoms. The summed E-state index contributed by atoms with van der Waals surface area (Å²) in [6, 6.07) is 2.06. The van der Waals surface area contributed by atoms with Crippen LogP contribution in [0.4, 0.5) is 0 Å². The van der Waals surface area contributed by atoms with Crippen LogP contribution in [0.1, 0.15) is 18.2 Å². The van der Waals surface area contributed by atoms with Crippen molar-refractivity contribution in [3.05, 3.63) is 23.7 Å². The van der Waals surface area contributed by atoms with Crippen molar-refractivity contribution in [1.82, 2.24) is 10.6 Å². The van der Waals surface area contributed by atoms with Gasteiger partial charge >= 0.3 is 0 Å². The molecule has 0 aromatic carbocycles. The summed E-state index contributed by atoms with van der Waals surface area (Å²) in [4.78, 5) is 0. The molecule has 1 rings (SSSR count). The first-order valence-electron chi connectivity index (χ1n) is 4.78. The van der Waals surface area contributed by atoms with Gasteiger partial charge in [-0.15, -0.1) is 0 Å². The molecule has 0 atom stereocenters. The molecular formula is C10H18N2O. The Bertz CT molecular complexity index is 233. The summed E-state index contributed by atoms with van der Waals surface area (Å²) in [5, 5.41) is 6.58. The average molecular weight is 182 g/mol. The van der Waals surface area contributed by atoms with Crippen LogP contribution in [0.15, 0.2) is 16.7 Å². The van der Waals surface area contributed by atoms with Crippen molar-refractivity contribution >= 4 is 0 Å². The van der Waals surface area contributed by atoms with E-state index in [0.29, 0.717) is 0 Å². The van der Waals surface area contributed by atoms with E-state index in [2.05, 4.69) is 23.6 Å². The van der Waals surface area contributed by atoms with Crippen molar-refractivity contribution in [3.8, 4) is 0 Å². The normalized spacial score (nSPS) is 10.6. The lowest BCUT2D eigenvalue weighted by molar-refractivity contribution is 0.529. The zero-order valence-corrected chi connectivity index (χ0v) is 8.39. The Labute approximate surface area is 79.5 Å². The molecule has 1 aromatic rings. The molecule has 0 saturated heterocycles. The van der Waals surface area contributed by atoms with Gasteiger partial charge < -0.3 is 15.1 Å². The molecule has 0 aliphatic rings. The van der Waals surface area contributed by atoms with Gasteiger partial charge in [-0.3, -0.25) is 0 Å². The quantitative estimate of drug-likeness (QED) is 0.651. The minimum absolute atomic E-state index is 0.892. The van der Waals surface area contributed by atoms with E-state index in [-0.39, 0.29) is 0 Å². The number of likely N-dealkylation sites (N-methyl/N-ethyl adjacent to an activating group) is 1. The molecule has 0 saturated carbocycles. The SMILES string of the molecule is CCNCCNCc1coc(C)c1. The molecule has 13 heavy (non-hydrogen) atoms. The van der Waals surface area contributed by atoms with Crippen LogP contribution in [0, 0.1) is 6.92 Å². The Kier molecular flexibility index (Phi) is 4.57. The topological polar surface area (TPSA) is 37.2 Å². The van der Waals surface area contributed by atoms with Gasteiger partial charge in [0.15, 0.2) is 0 Å². The molecule has 0 aliphatic heterocycles. The zero-order chi connectivity index (χ0) is 9.52. The summed E-state index contributed by atoms with van der Waals surface area (Å²) in [6.45, 7) is 8.02. The van der Waals surface area contributed by atoms with E-state index in [1.54, 1.807) is 6.26 Å². The Hall–Kier alpha value is -0.800. The van der Waals surface area contributed by atoms with E-state index in [0.717, 1.165) is 31.9 Å². The summed E-state index contributed by atoms with van der Waals surface area (Å²) < 4.78 is 5.19. The van der Waals surface area contributed by atoms with E-state index in [1.807, 2.05) is 6.92 Å². The van der Waals surface area contributed by atoms with Gasteiger partial charge in [0.1, 0.15) is 5.76 Å². The van der Waals surface area contributed by atoms with Crippen molar-refractivity contribution in [2.75, 3.05) is 19.6 Å². The Morgan fingerprint density at radius 1 is 1.31 bits per heavy atom. The van der Waals surface area contributed by atoms with Crippen LogP contribution in [0.2, 0.25) is 0 Å². The first-order chi connectivity index (χ1) is 6.33. The first-order valence-corrected chi connectivity index (χ1v) is 4.78. The minimum Gasteiger partial charge on any atom is -0.469 e. The number of furan rings is 1. The molecule has 2 N–H and O–H groups in total. The van der Waals surface area contributed by atoms with Gasteiger partial charge in [0.25, 0.3) is 0 Å². The van der Waals surface area contributed by atoms with Gasteiger partial charge in [-0.25, -0.2) is 0 Å². The van der Waals surface area contributed by atoms with Crippen LogP contribution in [0.5, 0.6) is 0 Å². The molecule has 0 bridgehead atoms. The fraction of sp³-hybridized carbons (Fsp3) is 0.600. The smallest absolute Gasteiger partial charge is 0.101 e. The molecule has 0 aliphatic carbocycles. The van der Waals surface area contributed by atoms with Crippen LogP contribution in [0.3, 0.4) is 0 Å². The minimum atomic E-state index is 0.892. The highest BCUT2D eigenvalue weighted by Crippen LogP contribution is 2.04. The van der Waals surface area contributed by atoms with E-state index in [9.17, 15) is 0 Å². The predicted octanol–water partition coefficient (Wildman–Crippen LogP) is 1.29. The summed E-state index contributed by atoms with van der Waals surface area (Å²) in [6.07, 6.45) is 1.80. The van der Waals surface area contributed by atoms with Gasteiger partial charge in [-0.05, 0) is 19.5 Å². The van der Waals surface area contributed by atoms with Gasteiger partial charge in [0.2, 0.25) is 0 Å². The predicted molar refractivity (Wildman–Crippen MR) is 53.7 cm³/mol. The van der Waals surface area contributed by atoms with Gasteiger partial charge in [0, 0.05) is 25.2 Å². The fourth-order valence-electron chi connectivity index (χ4n) is 1.18. The largest absolute Gasteiger partial charge is 0.469 e. The summed E-state index contributed by atoms with van der Waals surface area (Å²) >= 11 is 0. The summed E-state index contributed by atoms with van der Waals surface area (Å²) in [5.74, 6) is 0.975. The lowest BCUT2D eigenvalue weighted by Gasteiger charge is -2.02. The van der Waals surface area contributed by atoms with E-state index < -0.39 is 0 Å². The fourth-order valence-corrected chi connectivity index (χ4v) is 1.18. The van der Waals surface area contributed by atoms with Crippen LogP contribution < -0.4 is 10.6 Å². The van der Waals surface area contributed by atoms with Crippen LogP contribution in [-0.2, 0) is 6.54 Å². The van der Waals surface area contributed by atoms with E-state index in [1.165, 1.54) is 5.56 Å². The lowest BCUT2D eigenvalue weighted by Crippen LogP contribution is -2.26. The lowest BCUT2D eigenvalue weighted by atomic mass is 10.3. The van der Waals surface area contributed by atoms with Crippen LogP contribution in [-0.4, -0.2) is 19.6 Å². The number of rotatable bonds is 6. The molecule has 0 fully saturated rings. The Balaban J connectivity index is 2.06. The molecule has 0 amide bonds. The first kappa shape index (κ1) is 10.3. The molecule has 1 aromatic heterocycles. The molecule has 3 heteroatoms. The maximum atomic E-state index is 5.19. The van der Waals surface area contributed by atoms with Crippen LogP contribution in [0.25, 0.3) is 0 Å². The second-order valence-corrected chi connectivity index (χ2v) is 3.10. The maximum Gasteiger partial charge on any atom is 0.101 e.